The highest BCUT2D eigenvalue weighted by Crippen LogP contribution is 1.84. The molecule has 0 aliphatic carbocycles. The molecule has 0 saturated heterocycles. The average molecular weight is 131 g/mol. The second-order valence-corrected chi connectivity index (χ2v) is 1.21. The molecule has 0 aromatic carbocycles. The van der Waals surface area contributed by atoms with Crippen LogP contribution in [0.25, 0.3) is 0 Å². The van der Waals surface area contributed by atoms with Gasteiger partial charge in [0.25, 0.3) is 0 Å². The van der Waals surface area contributed by atoms with Crippen LogP contribution in [0, 0.1) is 12.3 Å². The van der Waals surface area contributed by atoms with Crippen LogP contribution in [0.3, 0.4) is 0 Å². The number of hydrogen-bond donors (Lipinski definition) is 1. The first-order valence-corrected chi connectivity index (χ1v) is 2.18. The zero-order chi connectivity index (χ0) is 7.28. The first-order chi connectivity index (χ1) is 4.18. The fourth-order valence-electron chi connectivity index (χ4n) is 0.192. The summed E-state index contributed by atoms with van der Waals surface area (Å²) in [5.74, 6) is 0.857. The summed E-state index contributed by atoms with van der Waals surface area (Å²) in [6.07, 6.45) is 2.60. The Bertz CT molecular complexity index is 138. The van der Waals surface area contributed by atoms with Gasteiger partial charge in [-0.05, 0) is 0 Å². The van der Waals surface area contributed by atoms with Crippen molar-refractivity contribution in [1.29, 1.82) is 0 Å². The lowest BCUT2D eigenvalue weighted by Gasteiger charge is -1.98. The van der Waals surface area contributed by atoms with E-state index in [0.717, 1.165) is 0 Å². The molecule has 3 nitrogen and oxygen atoms in total. The van der Waals surface area contributed by atoms with E-state index in [-0.39, 0.29) is 6.61 Å². The minimum atomic E-state index is -2.08. The standard InChI is InChI=1S/C5H6FNO2/c1-2-3-9-5(8)4(6)7/h1,4H,3,7H2. The number of esters is 1. The first kappa shape index (κ1) is 7.92. The molecule has 0 rings (SSSR count). The molecule has 0 aromatic heterocycles. The van der Waals surface area contributed by atoms with Gasteiger partial charge in [0.1, 0.15) is 0 Å². The Labute approximate surface area is 52.0 Å². The van der Waals surface area contributed by atoms with Gasteiger partial charge in [-0.2, -0.15) is 0 Å². The molecule has 0 saturated carbocycles. The number of carbonyl (C=O) groups excluding carboxylic acids is 1. The fourth-order valence-corrected chi connectivity index (χ4v) is 0.192. The normalized spacial score (nSPS) is 11.7. The van der Waals surface area contributed by atoms with Crippen molar-refractivity contribution >= 4 is 5.97 Å². The third kappa shape index (κ3) is 3.50. The summed E-state index contributed by atoms with van der Waals surface area (Å²) in [6.45, 7) is -0.240. The summed E-state index contributed by atoms with van der Waals surface area (Å²) in [5, 5.41) is 0. The summed E-state index contributed by atoms with van der Waals surface area (Å²) >= 11 is 0. The van der Waals surface area contributed by atoms with Crippen LogP contribution < -0.4 is 5.73 Å². The van der Waals surface area contributed by atoms with Crippen molar-refractivity contribution in [3.05, 3.63) is 0 Å². The van der Waals surface area contributed by atoms with Crippen molar-refractivity contribution in [3.8, 4) is 12.3 Å². The molecule has 50 valence electrons. The van der Waals surface area contributed by atoms with Crippen LogP contribution in [0.15, 0.2) is 0 Å². The fraction of sp³-hybridized carbons (Fsp3) is 0.400. The largest absolute Gasteiger partial charge is 0.449 e. The van der Waals surface area contributed by atoms with E-state index in [0.29, 0.717) is 0 Å². The van der Waals surface area contributed by atoms with E-state index < -0.39 is 12.3 Å². The maximum absolute atomic E-state index is 11.7. The molecule has 0 fully saturated rings. The van der Waals surface area contributed by atoms with Crippen LogP contribution in [0.2, 0.25) is 0 Å². The van der Waals surface area contributed by atoms with Gasteiger partial charge in [0.05, 0.1) is 0 Å². The lowest BCUT2D eigenvalue weighted by atomic mass is 10.6. The molecule has 2 N–H and O–H groups in total. The number of halogens is 1. The van der Waals surface area contributed by atoms with E-state index in [1.54, 1.807) is 0 Å². The lowest BCUT2D eigenvalue weighted by molar-refractivity contribution is -0.147. The monoisotopic (exact) mass is 131 g/mol. The predicted molar refractivity (Wildman–Crippen MR) is 28.9 cm³/mol. The molecule has 0 bridgehead atoms. The summed E-state index contributed by atoms with van der Waals surface area (Å²) in [6, 6.07) is 0. The summed E-state index contributed by atoms with van der Waals surface area (Å²) < 4.78 is 15.7. The van der Waals surface area contributed by atoms with Gasteiger partial charge in [-0.1, -0.05) is 5.92 Å². The Morgan fingerprint density at radius 2 is 2.56 bits per heavy atom. The quantitative estimate of drug-likeness (QED) is 0.310. The molecule has 1 atom stereocenters. The highest BCUT2D eigenvalue weighted by Gasteiger charge is 2.10. The molecule has 0 amide bonds. The molecule has 9 heavy (non-hydrogen) atoms. The summed E-state index contributed by atoms with van der Waals surface area (Å²) in [7, 11) is 0. The van der Waals surface area contributed by atoms with Crippen LogP contribution >= 0.6 is 0 Å². The number of terminal acetylenes is 1. The number of rotatable bonds is 2. The van der Waals surface area contributed by atoms with Crippen molar-refractivity contribution in [2.24, 2.45) is 5.73 Å². The molecule has 0 aliphatic heterocycles. The van der Waals surface area contributed by atoms with E-state index >= 15 is 0 Å². The molecular weight excluding hydrogens is 125 g/mol. The van der Waals surface area contributed by atoms with E-state index in [4.69, 9.17) is 0 Å². The van der Waals surface area contributed by atoms with Gasteiger partial charge in [0, 0.05) is 0 Å². The third-order valence-corrected chi connectivity index (χ3v) is 0.523. The zero-order valence-corrected chi connectivity index (χ0v) is 4.63. The molecule has 0 aliphatic rings. The lowest BCUT2D eigenvalue weighted by Crippen LogP contribution is -2.27. The molecular formula is C5H6FNO2. The van der Waals surface area contributed by atoms with Gasteiger partial charge in [0.2, 0.25) is 6.30 Å². The van der Waals surface area contributed by atoms with E-state index in [1.165, 1.54) is 0 Å². The number of alkyl halides is 1. The zero-order valence-electron chi connectivity index (χ0n) is 4.63. The molecule has 0 radical (unpaired) electrons. The van der Waals surface area contributed by atoms with E-state index in [9.17, 15) is 9.18 Å². The average Bonchev–Trinajstić information content (AvgIpc) is 1.82. The van der Waals surface area contributed by atoms with Crippen LogP contribution in [-0.2, 0) is 9.53 Å². The first-order valence-electron chi connectivity index (χ1n) is 2.18. The van der Waals surface area contributed by atoms with Gasteiger partial charge >= 0.3 is 5.97 Å². The Kier molecular flexibility index (Phi) is 3.40. The van der Waals surface area contributed by atoms with Gasteiger partial charge in [-0.3, -0.25) is 5.73 Å². The highest BCUT2D eigenvalue weighted by molar-refractivity contribution is 5.73. The van der Waals surface area contributed by atoms with Crippen molar-refractivity contribution < 1.29 is 13.9 Å². The second kappa shape index (κ2) is 3.87. The molecule has 0 aromatic rings. The van der Waals surface area contributed by atoms with Crippen LogP contribution in [0.1, 0.15) is 0 Å². The van der Waals surface area contributed by atoms with Gasteiger partial charge in [-0.15, -0.1) is 6.42 Å². The van der Waals surface area contributed by atoms with Crippen LogP contribution in [0.4, 0.5) is 4.39 Å². The van der Waals surface area contributed by atoms with Crippen LogP contribution in [0.5, 0.6) is 0 Å². The second-order valence-electron chi connectivity index (χ2n) is 1.21. The minimum absolute atomic E-state index is 0.240. The van der Waals surface area contributed by atoms with E-state index in [1.807, 2.05) is 5.92 Å². The number of carbonyl (C=O) groups is 1. The van der Waals surface area contributed by atoms with Gasteiger partial charge < -0.3 is 4.74 Å². The van der Waals surface area contributed by atoms with E-state index in [2.05, 4.69) is 16.9 Å². The predicted octanol–water partition coefficient (Wildman–Crippen LogP) is -0.583. The maximum Gasteiger partial charge on any atom is 0.356 e. The number of hydrogen-bond acceptors (Lipinski definition) is 3. The van der Waals surface area contributed by atoms with Crippen molar-refractivity contribution in [2.75, 3.05) is 6.61 Å². The Morgan fingerprint density at radius 1 is 2.00 bits per heavy atom. The van der Waals surface area contributed by atoms with Crippen molar-refractivity contribution in [2.45, 2.75) is 6.30 Å². The maximum atomic E-state index is 11.7. The minimum Gasteiger partial charge on any atom is -0.449 e. The Morgan fingerprint density at radius 3 is 2.89 bits per heavy atom. The Balaban J connectivity index is 3.42. The molecule has 4 heteroatoms. The van der Waals surface area contributed by atoms with Crippen molar-refractivity contribution in [3.63, 3.8) is 0 Å². The van der Waals surface area contributed by atoms with Crippen molar-refractivity contribution in [1.82, 2.24) is 0 Å². The number of ether oxygens (including phenoxy) is 1. The molecule has 1 unspecified atom stereocenters. The SMILES string of the molecule is C#CCOC(=O)C(N)F. The third-order valence-electron chi connectivity index (χ3n) is 0.523. The summed E-state index contributed by atoms with van der Waals surface area (Å²) in [4.78, 5) is 10.1. The van der Waals surface area contributed by atoms with Gasteiger partial charge in [-0.25, -0.2) is 9.18 Å². The van der Waals surface area contributed by atoms with Gasteiger partial charge in [0.15, 0.2) is 6.61 Å². The number of nitrogens with two attached hydrogens (primary N) is 1. The smallest absolute Gasteiger partial charge is 0.356 e. The topological polar surface area (TPSA) is 52.3 Å². The highest BCUT2D eigenvalue weighted by atomic mass is 19.1. The Hall–Kier alpha value is -1.08. The summed E-state index contributed by atoms with van der Waals surface area (Å²) in [5.41, 5.74) is 4.47. The van der Waals surface area contributed by atoms with Crippen LogP contribution in [-0.4, -0.2) is 18.9 Å². The molecule has 0 spiro atoms. The molecule has 0 heterocycles.